The quantitative estimate of drug-likeness (QED) is 0.893. The van der Waals surface area contributed by atoms with Gasteiger partial charge in [0.05, 0.1) is 0 Å². The number of nitrogens with zero attached hydrogens (tertiary/aromatic N) is 2. The van der Waals surface area contributed by atoms with Crippen molar-refractivity contribution in [2.45, 2.75) is 26.2 Å². The molecule has 19 heavy (non-hydrogen) atoms. The predicted molar refractivity (Wildman–Crippen MR) is 72.8 cm³/mol. The summed E-state index contributed by atoms with van der Waals surface area (Å²) in [6.07, 6.45) is 5.29. The third kappa shape index (κ3) is 3.61. The molecule has 0 bridgehead atoms. The van der Waals surface area contributed by atoms with E-state index in [-0.39, 0.29) is 6.42 Å². The second-order valence-corrected chi connectivity index (χ2v) is 4.36. The second kappa shape index (κ2) is 6.09. The van der Waals surface area contributed by atoms with Crippen LogP contribution in [0.2, 0.25) is 0 Å². The Labute approximate surface area is 112 Å². The molecule has 2 rings (SSSR count). The first-order valence-corrected chi connectivity index (χ1v) is 6.31. The van der Waals surface area contributed by atoms with Crippen LogP contribution >= 0.6 is 0 Å². The molecule has 0 aliphatic rings. The maximum absolute atomic E-state index is 10.5. The maximum atomic E-state index is 10.5. The van der Waals surface area contributed by atoms with Gasteiger partial charge in [0.15, 0.2) is 5.82 Å². The lowest BCUT2D eigenvalue weighted by Gasteiger charge is -2.03. The average Bonchev–Trinajstić information content (AvgIpc) is 2.46. The van der Waals surface area contributed by atoms with Gasteiger partial charge < -0.3 is 5.11 Å². The van der Waals surface area contributed by atoms with Crippen molar-refractivity contribution in [3.63, 3.8) is 0 Å². The zero-order valence-corrected chi connectivity index (χ0v) is 10.8. The third-order valence-electron chi connectivity index (χ3n) is 2.95. The Morgan fingerprint density at radius 2 is 1.74 bits per heavy atom. The molecular formula is C15H16N2O2. The molecule has 1 heterocycles. The summed E-state index contributed by atoms with van der Waals surface area (Å²) in [5.74, 6) is -0.0791. The van der Waals surface area contributed by atoms with Gasteiger partial charge in [-0.05, 0) is 24.0 Å². The van der Waals surface area contributed by atoms with Gasteiger partial charge in [0.2, 0.25) is 0 Å². The van der Waals surface area contributed by atoms with Crippen molar-refractivity contribution >= 4 is 5.97 Å². The van der Waals surface area contributed by atoms with Crippen molar-refractivity contribution in [1.82, 2.24) is 9.97 Å². The van der Waals surface area contributed by atoms with Crippen LogP contribution in [0.4, 0.5) is 0 Å². The van der Waals surface area contributed by atoms with E-state index in [0.29, 0.717) is 12.2 Å². The summed E-state index contributed by atoms with van der Waals surface area (Å²) in [5.41, 5.74) is 3.07. The Hall–Kier alpha value is -2.23. The van der Waals surface area contributed by atoms with Crippen LogP contribution in [0.3, 0.4) is 0 Å². The molecule has 0 aliphatic heterocycles. The number of hydrogen-bond acceptors (Lipinski definition) is 3. The topological polar surface area (TPSA) is 63.1 Å². The van der Waals surface area contributed by atoms with Gasteiger partial charge in [0, 0.05) is 24.4 Å². The third-order valence-corrected chi connectivity index (χ3v) is 2.95. The fourth-order valence-electron chi connectivity index (χ4n) is 1.76. The Morgan fingerprint density at radius 1 is 1.11 bits per heavy atom. The standard InChI is InChI=1S/C15H16N2O2/c1-2-11-9-16-15(17-10-11)13-6-3-12(4-7-13)5-8-14(18)19/h3-4,6-7,9-10H,2,5,8H2,1H3,(H,18,19). The van der Waals surface area contributed by atoms with Crippen LogP contribution < -0.4 is 0 Å². The minimum absolute atomic E-state index is 0.154. The summed E-state index contributed by atoms with van der Waals surface area (Å²) in [4.78, 5) is 19.1. The van der Waals surface area contributed by atoms with Crippen molar-refractivity contribution in [3.05, 3.63) is 47.8 Å². The molecule has 0 radical (unpaired) electrons. The summed E-state index contributed by atoms with van der Waals surface area (Å²) in [7, 11) is 0. The first-order valence-electron chi connectivity index (χ1n) is 6.31. The first-order chi connectivity index (χ1) is 9.19. The number of carbonyl (C=O) groups is 1. The van der Waals surface area contributed by atoms with E-state index < -0.39 is 5.97 Å². The van der Waals surface area contributed by atoms with Crippen LogP contribution in [0.1, 0.15) is 24.5 Å². The molecule has 4 nitrogen and oxygen atoms in total. The SMILES string of the molecule is CCc1cnc(-c2ccc(CCC(=O)O)cc2)nc1. The lowest BCUT2D eigenvalue weighted by atomic mass is 10.1. The molecule has 0 atom stereocenters. The number of rotatable bonds is 5. The van der Waals surface area contributed by atoms with Crippen molar-refractivity contribution in [2.24, 2.45) is 0 Å². The van der Waals surface area contributed by atoms with Gasteiger partial charge in [0.1, 0.15) is 0 Å². The number of carboxylic acid groups (broad SMARTS) is 1. The number of carboxylic acids is 1. The minimum Gasteiger partial charge on any atom is -0.481 e. The smallest absolute Gasteiger partial charge is 0.303 e. The molecule has 0 unspecified atom stereocenters. The van der Waals surface area contributed by atoms with Gasteiger partial charge in [-0.2, -0.15) is 0 Å². The molecule has 4 heteroatoms. The van der Waals surface area contributed by atoms with Crippen LogP contribution in [0.25, 0.3) is 11.4 Å². The zero-order chi connectivity index (χ0) is 13.7. The first kappa shape index (κ1) is 13.2. The average molecular weight is 256 g/mol. The Morgan fingerprint density at radius 3 is 2.26 bits per heavy atom. The van der Waals surface area contributed by atoms with E-state index in [1.165, 1.54) is 0 Å². The van der Waals surface area contributed by atoms with Crippen LogP contribution in [0.5, 0.6) is 0 Å². The van der Waals surface area contributed by atoms with Crippen LogP contribution in [0, 0.1) is 0 Å². The van der Waals surface area contributed by atoms with E-state index in [0.717, 1.165) is 23.1 Å². The summed E-state index contributed by atoms with van der Waals surface area (Å²) >= 11 is 0. The number of benzene rings is 1. The highest BCUT2D eigenvalue weighted by Gasteiger charge is 2.03. The summed E-state index contributed by atoms with van der Waals surface area (Å²) in [6, 6.07) is 7.71. The number of hydrogen-bond donors (Lipinski definition) is 1. The van der Waals surface area contributed by atoms with Crippen molar-refractivity contribution in [2.75, 3.05) is 0 Å². The number of aromatic nitrogens is 2. The molecule has 1 aromatic heterocycles. The molecule has 98 valence electrons. The van der Waals surface area contributed by atoms with Crippen molar-refractivity contribution in [1.29, 1.82) is 0 Å². The fraction of sp³-hybridized carbons (Fsp3) is 0.267. The summed E-state index contributed by atoms with van der Waals surface area (Å²) < 4.78 is 0. The fourth-order valence-corrected chi connectivity index (χ4v) is 1.76. The highest BCUT2D eigenvalue weighted by atomic mass is 16.4. The number of aryl methyl sites for hydroxylation is 2. The van der Waals surface area contributed by atoms with E-state index in [1.54, 1.807) is 0 Å². The zero-order valence-electron chi connectivity index (χ0n) is 10.8. The molecule has 1 N–H and O–H groups in total. The van der Waals surface area contributed by atoms with Crippen LogP contribution in [-0.2, 0) is 17.6 Å². The highest BCUT2D eigenvalue weighted by molar-refractivity contribution is 5.67. The maximum Gasteiger partial charge on any atom is 0.303 e. The van der Waals surface area contributed by atoms with E-state index in [1.807, 2.05) is 36.7 Å². The molecular weight excluding hydrogens is 240 g/mol. The van der Waals surface area contributed by atoms with Crippen molar-refractivity contribution in [3.8, 4) is 11.4 Å². The van der Waals surface area contributed by atoms with Crippen LogP contribution in [0.15, 0.2) is 36.7 Å². The van der Waals surface area contributed by atoms with E-state index in [2.05, 4.69) is 16.9 Å². The van der Waals surface area contributed by atoms with E-state index in [9.17, 15) is 4.79 Å². The lowest BCUT2D eigenvalue weighted by Crippen LogP contribution is -1.97. The van der Waals surface area contributed by atoms with E-state index >= 15 is 0 Å². The molecule has 0 saturated heterocycles. The molecule has 0 spiro atoms. The number of aliphatic carboxylic acids is 1. The van der Waals surface area contributed by atoms with Crippen LogP contribution in [-0.4, -0.2) is 21.0 Å². The lowest BCUT2D eigenvalue weighted by molar-refractivity contribution is -0.136. The van der Waals surface area contributed by atoms with Gasteiger partial charge in [-0.25, -0.2) is 9.97 Å². The monoisotopic (exact) mass is 256 g/mol. The molecule has 0 aliphatic carbocycles. The van der Waals surface area contributed by atoms with Gasteiger partial charge in [0.25, 0.3) is 0 Å². The Bertz CT molecular complexity index is 547. The van der Waals surface area contributed by atoms with Crippen molar-refractivity contribution < 1.29 is 9.90 Å². The second-order valence-electron chi connectivity index (χ2n) is 4.36. The largest absolute Gasteiger partial charge is 0.481 e. The van der Waals surface area contributed by atoms with Gasteiger partial charge in [-0.1, -0.05) is 31.2 Å². The van der Waals surface area contributed by atoms with E-state index in [4.69, 9.17) is 5.11 Å². The highest BCUT2D eigenvalue weighted by Crippen LogP contribution is 2.16. The Kier molecular flexibility index (Phi) is 4.23. The van der Waals surface area contributed by atoms with Gasteiger partial charge in [-0.3, -0.25) is 4.79 Å². The molecule has 0 amide bonds. The minimum atomic E-state index is -0.775. The predicted octanol–water partition coefficient (Wildman–Crippen LogP) is 2.72. The van der Waals surface area contributed by atoms with Gasteiger partial charge in [-0.15, -0.1) is 0 Å². The van der Waals surface area contributed by atoms with Gasteiger partial charge >= 0.3 is 5.97 Å². The molecule has 0 saturated carbocycles. The molecule has 0 fully saturated rings. The Balaban J connectivity index is 2.10. The molecule has 2 aromatic rings. The summed E-state index contributed by atoms with van der Waals surface area (Å²) in [5, 5.41) is 8.64. The summed E-state index contributed by atoms with van der Waals surface area (Å²) in [6.45, 7) is 2.07. The molecule has 1 aromatic carbocycles. The normalized spacial score (nSPS) is 10.4.